The van der Waals surface area contributed by atoms with Crippen molar-refractivity contribution in [3.63, 3.8) is 0 Å². The number of benzene rings is 1. The van der Waals surface area contributed by atoms with Crippen molar-refractivity contribution in [1.29, 1.82) is 0 Å². The van der Waals surface area contributed by atoms with Gasteiger partial charge in [-0.3, -0.25) is 4.79 Å². The van der Waals surface area contributed by atoms with Crippen LogP contribution < -0.4 is 5.32 Å². The van der Waals surface area contributed by atoms with E-state index in [-0.39, 0.29) is 5.91 Å². The summed E-state index contributed by atoms with van der Waals surface area (Å²) in [6, 6.07) is 5.64. The van der Waals surface area contributed by atoms with E-state index in [1.165, 1.54) is 11.3 Å². The first-order chi connectivity index (χ1) is 8.95. The number of carbonyl (C=O) groups is 1. The van der Waals surface area contributed by atoms with Crippen molar-refractivity contribution in [2.24, 2.45) is 0 Å². The number of halogens is 2. The molecule has 1 aromatic heterocycles. The van der Waals surface area contributed by atoms with E-state index in [1.807, 2.05) is 25.1 Å². The molecular formula is C12H10Br2N2OS2. The number of rotatable bonds is 3. The topological polar surface area (TPSA) is 44.9 Å². The summed E-state index contributed by atoms with van der Waals surface area (Å²) in [6.07, 6.45) is 0.322. The number of hydrogen-bond acceptors (Lipinski definition) is 3. The van der Waals surface area contributed by atoms with Gasteiger partial charge in [-0.05, 0) is 53.3 Å². The van der Waals surface area contributed by atoms with Crippen LogP contribution in [0.5, 0.6) is 0 Å². The van der Waals surface area contributed by atoms with Gasteiger partial charge in [-0.15, -0.1) is 11.3 Å². The van der Waals surface area contributed by atoms with Gasteiger partial charge < -0.3 is 10.3 Å². The summed E-state index contributed by atoms with van der Waals surface area (Å²) < 4.78 is 2.46. The summed E-state index contributed by atoms with van der Waals surface area (Å²) >= 11 is 13.3. The van der Waals surface area contributed by atoms with E-state index in [0.717, 1.165) is 25.2 Å². The Hall–Kier alpha value is -0.500. The van der Waals surface area contributed by atoms with E-state index in [0.29, 0.717) is 10.4 Å². The third-order valence-electron chi connectivity index (χ3n) is 2.45. The Balaban J connectivity index is 2.11. The van der Waals surface area contributed by atoms with Crippen molar-refractivity contribution in [2.45, 2.75) is 13.3 Å². The number of nitrogens with one attached hydrogen (secondary N) is 2. The molecule has 1 amide bonds. The molecule has 0 aliphatic rings. The van der Waals surface area contributed by atoms with Crippen LogP contribution in [0.15, 0.2) is 27.1 Å². The number of thiazole rings is 1. The average molecular weight is 422 g/mol. The van der Waals surface area contributed by atoms with Gasteiger partial charge in [0.1, 0.15) is 0 Å². The lowest BCUT2D eigenvalue weighted by Crippen LogP contribution is -2.14. The molecule has 0 saturated heterocycles. The van der Waals surface area contributed by atoms with Gasteiger partial charge in [-0.1, -0.05) is 15.9 Å². The molecule has 2 N–H and O–H groups in total. The zero-order valence-corrected chi connectivity index (χ0v) is 14.7. The summed E-state index contributed by atoms with van der Waals surface area (Å²) in [7, 11) is 0. The van der Waals surface area contributed by atoms with Crippen LogP contribution in [0.2, 0.25) is 0 Å². The van der Waals surface area contributed by atoms with Gasteiger partial charge >= 0.3 is 0 Å². The lowest BCUT2D eigenvalue weighted by Gasteiger charge is -2.07. The molecule has 0 aliphatic heterocycles. The Bertz CT molecular complexity index is 679. The fraction of sp³-hybridized carbons (Fsp3) is 0.167. The fourth-order valence-corrected chi connectivity index (χ4v) is 3.54. The normalized spacial score (nSPS) is 10.5. The Morgan fingerprint density at radius 1 is 1.47 bits per heavy atom. The highest BCUT2D eigenvalue weighted by molar-refractivity contribution is 9.11. The molecule has 0 bridgehead atoms. The lowest BCUT2D eigenvalue weighted by atomic mass is 10.2. The quantitative estimate of drug-likeness (QED) is 0.697. The molecule has 2 rings (SSSR count). The van der Waals surface area contributed by atoms with E-state index in [2.05, 4.69) is 42.2 Å². The molecular weight excluding hydrogens is 412 g/mol. The molecule has 1 heterocycles. The van der Waals surface area contributed by atoms with Gasteiger partial charge in [0.2, 0.25) is 5.91 Å². The molecule has 7 heteroatoms. The Labute approximate surface area is 136 Å². The zero-order valence-electron chi connectivity index (χ0n) is 9.92. The van der Waals surface area contributed by atoms with Crippen LogP contribution in [0.1, 0.15) is 10.6 Å². The summed E-state index contributed by atoms with van der Waals surface area (Å²) in [5, 5.41) is 2.88. The van der Waals surface area contributed by atoms with Gasteiger partial charge in [0.05, 0.1) is 12.1 Å². The fourth-order valence-electron chi connectivity index (χ4n) is 1.54. The van der Waals surface area contributed by atoms with Crippen LogP contribution in [0, 0.1) is 10.9 Å². The highest BCUT2D eigenvalue weighted by Crippen LogP contribution is 2.26. The van der Waals surface area contributed by atoms with E-state index < -0.39 is 0 Å². The van der Waals surface area contributed by atoms with Crippen molar-refractivity contribution in [3.8, 4) is 0 Å². The van der Waals surface area contributed by atoms with Crippen LogP contribution in [0.25, 0.3) is 0 Å². The smallest absolute Gasteiger partial charge is 0.229 e. The predicted molar refractivity (Wildman–Crippen MR) is 88.4 cm³/mol. The summed E-state index contributed by atoms with van der Waals surface area (Å²) in [5.41, 5.74) is 1.70. The summed E-state index contributed by atoms with van der Waals surface area (Å²) in [6.45, 7) is 1.92. The van der Waals surface area contributed by atoms with Crippen LogP contribution in [-0.2, 0) is 11.2 Å². The predicted octanol–water partition coefficient (Wildman–Crippen LogP) is 4.82. The number of aryl methyl sites for hydroxylation is 1. The number of hydrogen-bond donors (Lipinski definition) is 2. The van der Waals surface area contributed by atoms with Crippen molar-refractivity contribution >= 4 is 67.0 Å². The molecule has 0 atom stereocenters. The van der Waals surface area contributed by atoms with E-state index in [9.17, 15) is 4.79 Å². The molecule has 0 unspecified atom stereocenters. The van der Waals surface area contributed by atoms with E-state index >= 15 is 0 Å². The molecule has 2 aromatic rings. The molecule has 0 fully saturated rings. The molecule has 0 saturated carbocycles. The number of aromatic nitrogens is 1. The first-order valence-corrected chi connectivity index (χ1v) is 8.20. The first kappa shape index (κ1) is 14.9. The van der Waals surface area contributed by atoms with Crippen molar-refractivity contribution < 1.29 is 4.79 Å². The molecule has 19 heavy (non-hydrogen) atoms. The summed E-state index contributed by atoms with van der Waals surface area (Å²) in [4.78, 5) is 16.0. The SMILES string of the molecule is Cc1[nH]c(=S)sc1CC(=O)Nc1cc(Br)ccc1Br. The van der Waals surface area contributed by atoms with Crippen molar-refractivity contribution in [2.75, 3.05) is 5.32 Å². The third-order valence-corrected chi connectivity index (χ3v) is 4.97. The maximum Gasteiger partial charge on any atom is 0.229 e. The second-order valence-electron chi connectivity index (χ2n) is 3.91. The molecule has 0 spiro atoms. The number of aromatic amines is 1. The highest BCUT2D eigenvalue weighted by Gasteiger charge is 2.10. The van der Waals surface area contributed by atoms with Gasteiger partial charge in [0, 0.05) is 19.5 Å². The monoisotopic (exact) mass is 420 g/mol. The van der Waals surface area contributed by atoms with Crippen LogP contribution in [0.4, 0.5) is 5.69 Å². The van der Waals surface area contributed by atoms with Crippen LogP contribution in [0.3, 0.4) is 0 Å². The van der Waals surface area contributed by atoms with Gasteiger partial charge in [0.25, 0.3) is 0 Å². The minimum absolute atomic E-state index is 0.0628. The molecule has 1 aromatic carbocycles. The first-order valence-electron chi connectivity index (χ1n) is 5.39. The van der Waals surface area contributed by atoms with Gasteiger partial charge in [0.15, 0.2) is 3.95 Å². The largest absolute Gasteiger partial charge is 0.341 e. The Morgan fingerprint density at radius 2 is 2.21 bits per heavy atom. The standard InChI is InChI=1S/C12H10Br2N2OS2/c1-6-10(19-12(18)15-6)5-11(17)16-9-4-7(13)2-3-8(9)14/h2-4H,5H2,1H3,(H,15,18)(H,16,17). The summed E-state index contributed by atoms with van der Waals surface area (Å²) in [5.74, 6) is -0.0628. The number of anilines is 1. The zero-order chi connectivity index (χ0) is 14.0. The number of amides is 1. The number of carbonyl (C=O) groups excluding carboxylic acids is 1. The molecule has 0 aliphatic carbocycles. The maximum absolute atomic E-state index is 12.0. The molecule has 0 radical (unpaired) electrons. The molecule has 3 nitrogen and oxygen atoms in total. The minimum Gasteiger partial charge on any atom is -0.341 e. The van der Waals surface area contributed by atoms with Crippen molar-refractivity contribution in [3.05, 3.63) is 41.7 Å². The third kappa shape index (κ3) is 3.98. The van der Waals surface area contributed by atoms with Crippen molar-refractivity contribution in [1.82, 2.24) is 4.98 Å². The van der Waals surface area contributed by atoms with E-state index in [1.54, 1.807) is 0 Å². The molecule has 100 valence electrons. The highest BCUT2D eigenvalue weighted by atomic mass is 79.9. The van der Waals surface area contributed by atoms with Crippen LogP contribution >= 0.6 is 55.4 Å². The van der Waals surface area contributed by atoms with Gasteiger partial charge in [-0.25, -0.2) is 0 Å². The van der Waals surface area contributed by atoms with E-state index in [4.69, 9.17) is 12.2 Å². The lowest BCUT2D eigenvalue weighted by molar-refractivity contribution is -0.115. The Morgan fingerprint density at radius 3 is 2.84 bits per heavy atom. The van der Waals surface area contributed by atoms with Crippen LogP contribution in [-0.4, -0.2) is 10.9 Å². The number of H-pyrrole nitrogens is 1. The second kappa shape index (κ2) is 6.30. The average Bonchev–Trinajstić information content (AvgIpc) is 2.62. The Kier molecular flexibility index (Phi) is 4.94. The minimum atomic E-state index is -0.0628. The second-order valence-corrected chi connectivity index (χ2v) is 7.45. The van der Waals surface area contributed by atoms with Gasteiger partial charge in [-0.2, -0.15) is 0 Å². The maximum atomic E-state index is 12.0.